The fraction of sp³-hybridized carbons (Fsp3) is 0.769. The molecule has 2 rings (SSSR count). The third kappa shape index (κ3) is 3.68. The summed E-state index contributed by atoms with van der Waals surface area (Å²) in [6.07, 6.45) is 5.79. The van der Waals surface area contributed by atoms with E-state index in [0.717, 1.165) is 36.9 Å². The predicted octanol–water partition coefficient (Wildman–Crippen LogP) is 3.49. The monoisotopic (exact) mass is 254 g/mol. The van der Waals surface area contributed by atoms with E-state index in [4.69, 9.17) is 17.0 Å². The number of H-pyrrole nitrogens is 1. The van der Waals surface area contributed by atoms with Crippen LogP contribution in [0.15, 0.2) is 6.20 Å². The largest absolute Gasteiger partial charge is 0.381 e. The molecule has 1 aliphatic carbocycles. The molecule has 1 aromatic rings. The van der Waals surface area contributed by atoms with Crippen LogP contribution in [0.5, 0.6) is 0 Å². The van der Waals surface area contributed by atoms with Crippen LogP contribution in [0.1, 0.15) is 44.7 Å². The van der Waals surface area contributed by atoms with Gasteiger partial charge in [0.05, 0.1) is 0 Å². The highest BCUT2D eigenvalue weighted by atomic mass is 32.1. The average Bonchev–Trinajstić information content (AvgIpc) is 3.03. The number of aromatic nitrogens is 2. The van der Waals surface area contributed by atoms with Crippen LogP contribution >= 0.6 is 12.2 Å². The van der Waals surface area contributed by atoms with Crippen molar-refractivity contribution in [3.05, 3.63) is 16.7 Å². The Labute approximate surface area is 108 Å². The quantitative estimate of drug-likeness (QED) is 0.596. The summed E-state index contributed by atoms with van der Waals surface area (Å²) in [5, 5.41) is 0. The molecule has 0 bridgehead atoms. The fourth-order valence-electron chi connectivity index (χ4n) is 1.98. The molecular weight excluding hydrogens is 232 g/mol. The first kappa shape index (κ1) is 12.8. The minimum Gasteiger partial charge on any atom is -0.381 e. The number of nitrogens with one attached hydrogen (secondary N) is 1. The Balaban J connectivity index is 1.76. The number of hydrogen-bond donors (Lipinski definition) is 1. The molecule has 1 aromatic heterocycles. The van der Waals surface area contributed by atoms with E-state index in [1.54, 1.807) is 0 Å². The maximum Gasteiger partial charge on any atom is 0.177 e. The Hall–Kier alpha value is -0.610. The lowest BCUT2D eigenvalue weighted by atomic mass is 10.1. The van der Waals surface area contributed by atoms with Crippen molar-refractivity contribution >= 4 is 12.2 Å². The van der Waals surface area contributed by atoms with E-state index in [1.165, 1.54) is 18.5 Å². The van der Waals surface area contributed by atoms with Crippen LogP contribution in [-0.2, 0) is 11.3 Å². The lowest BCUT2D eigenvalue weighted by Crippen LogP contribution is -2.08. The Morgan fingerprint density at radius 2 is 2.29 bits per heavy atom. The summed E-state index contributed by atoms with van der Waals surface area (Å²) in [5.41, 5.74) is 1.29. The van der Waals surface area contributed by atoms with Crippen LogP contribution in [0, 0.1) is 10.7 Å². The van der Waals surface area contributed by atoms with Gasteiger partial charge < -0.3 is 14.3 Å². The minimum absolute atomic E-state index is 0.510. The maximum atomic E-state index is 5.64. The van der Waals surface area contributed by atoms with Crippen LogP contribution in [-0.4, -0.2) is 22.8 Å². The van der Waals surface area contributed by atoms with Gasteiger partial charge in [0.15, 0.2) is 4.77 Å². The second-order valence-corrected chi connectivity index (χ2v) is 5.58. The van der Waals surface area contributed by atoms with E-state index >= 15 is 0 Å². The Bertz CT molecular complexity index is 404. The van der Waals surface area contributed by atoms with Crippen molar-refractivity contribution in [2.45, 2.75) is 45.6 Å². The zero-order chi connectivity index (χ0) is 12.3. The molecule has 0 aromatic carbocycles. The second kappa shape index (κ2) is 5.83. The van der Waals surface area contributed by atoms with E-state index < -0.39 is 0 Å². The first-order valence-electron chi connectivity index (χ1n) is 6.54. The summed E-state index contributed by atoms with van der Waals surface area (Å²) in [4.78, 5) is 3.12. The zero-order valence-electron chi connectivity index (χ0n) is 10.7. The predicted molar refractivity (Wildman–Crippen MR) is 71.9 cm³/mol. The highest BCUT2D eigenvalue weighted by molar-refractivity contribution is 7.71. The maximum absolute atomic E-state index is 5.64. The first-order valence-corrected chi connectivity index (χ1v) is 6.95. The zero-order valence-corrected chi connectivity index (χ0v) is 11.6. The standard InChI is InChI=1S/C13H22N2OS/c1-10(2)12-8-14-13(17)15(12)6-3-7-16-9-11-4-5-11/h8,10-11H,3-7,9H2,1-2H3,(H,14,17). The van der Waals surface area contributed by atoms with Gasteiger partial charge in [0.25, 0.3) is 0 Å². The molecule has 0 radical (unpaired) electrons. The van der Waals surface area contributed by atoms with E-state index in [-0.39, 0.29) is 0 Å². The van der Waals surface area contributed by atoms with Crippen LogP contribution in [0.3, 0.4) is 0 Å². The lowest BCUT2D eigenvalue weighted by Gasteiger charge is -2.10. The Kier molecular flexibility index (Phi) is 4.40. The van der Waals surface area contributed by atoms with Crippen molar-refractivity contribution in [3.63, 3.8) is 0 Å². The molecule has 96 valence electrons. The van der Waals surface area contributed by atoms with Gasteiger partial charge in [-0.25, -0.2) is 0 Å². The van der Waals surface area contributed by atoms with E-state index in [0.29, 0.717) is 5.92 Å². The molecule has 1 heterocycles. The van der Waals surface area contributed by atoms with Gasteiger partial charge in [0.1, 0.15) is 0 Å². The molecule has 1 saturated carbocycles. The number of aromatic amines is 1. The molecule has 0 amide bonds. The topological polar surface area (TPSA) is 29.9 Å². The van der Waals surface area contributed by atoms with Gasteiger partial charge >= 0.3 is 0 Å². The molecule has 0 aliphatic heterocycles. The van der Waals surface area contributed by atoms with E-state index in [2.05, 4.69) is 23.4 Å². The van der Waals surface area contributed by atoms with Gasteiger partial charge in [-0.2, -0.15) is 0 Å². The van der Waals surface area contributed by atoms with Crippen molar-refractivity contribution in [2.75, 3.05) is 13.2 Å². The van der Waals surface area contributed by atoms with Gasteiger partial charge in [-0.1, -0.05) is 13.8 Å². The van der Waals surface area contributed by atoms with Crippen molar-refractivity contribution in [1.29, 1.82) is 0 Å². The summed E-state index contributed by atoms with van der Waals surface area (Å²) in [6.45, 7) is 7.15. The van der Waals surface area contributed by atoms with Gasteiger partial charge in [-0.15, -0.1) is 0 Å². The van der Waals surface area contributed by atoms with Gasteiger partial charge in [0, 0.05) is 31.6 Å². The van der Waals surface area contributed by atoms with E-state index in [1.807, 2.05) is 6.20 Å². The van der Waals surface area contributed by atoms with Gasteiger partial charge in [-0.3, -0.25) is 0 Å². The molecular formula is C13H22N2OS. The molecule has 3 nitrogen and oxygen atoms in total. The molecule has 1 N–H and O–H groups in total. The van der Waals surface area contributed by atoms with E-state index in [9.17, 15) is 0 Å². The van der Waals surface area contributed by atoms with Crippen molar-refractivity contribution < 1.29 is 4.74 Å². The molecule has 17 heavy (non-hydrogen) atoms. The fourth-order valence-corrected chi connectivity index (χ4v) is 2.23. The minimum atomic E-state index is 0.510. The highest BCUT2D eigenvalue weighted by Gasteiger charge is 2.20. The summed E-state index contributed by atoms with van der Waals surface area (Å²) >= 11 is 5.29. The summed E-state index contributed by atoms with van der Waals surface area (Å²) in [5.74, 6) is 1.37. The third-order valence-electron chi connectivity index (χ3n) is 3.21. The van der Waals surface area contributed by atoms with Gasteiger partial charge in [0.2, 0.25) is 0 Å². The average molecular weight is 254 g/mol. The lowest BCUT2D eigenvalue weighted by molar-refractivity contribution is 0.119. The Morgan fingerprint density at radius 3 is 2.94 bits per heavy atom. The molecule has 4 heteroatoms. The van der Waals surface area contributed by atoms with Crippen LogP contribution in [0.25, 0.3) is 0 Å². The van der Waals surface area contributed by atoms with Crippen molar-refractivity contribution in [3.8, 4) is 0 Å². The number of rotatable bonds is 7. The first-order chi connectivity index (χ1) is 8.18. The SMILES string of the molecule is CC(C)c1c[nH]c(=S)n1CCCOCC1CC1. The molecule has 1 fully saturated rings. The summed E-state index contributed by atoms with van der Waals surface area (Å²) in [7, 11) is 0. The number of ether oxygens (including phenoxy) is 1. The number of imidazole rings is 1. The molecule has 1 aliphatic rings. The summed E-state index contributed by atoms with van der Waals surface area (Å²) < 4.78 is 8.66. The van der Waals surface area contributed by atoms with Crippen LogP contribution in [0.2, 0.25) is 0 Å². The normalized spacial score (nSPS) is 15.7. The second-order valence-electron chi connectivity index (χ2n) is 5.20. The molecule has 0 unspecified atom stereocenters. The van der Waals surface area contributed by atoms with Crippen LogP contribution < -0.4 is 0 Å². The molecule has 0 atom stereocenters. The number of hydrogen-bond acceptors (Lipinski definition) is 2. The molecule has 0 saturated heterocycles. The van der Waals surface area contributed by atoms with Crippen LogP contribution in [0.4, 0.5) is 0 Å². The van der Waals surface area contributed by atoms with Gasteiger partial charge in [-0.05, 0) is 43.3 Å². The smallest absolute Gasteiger partial charge is 0.177 e. The summed E-state index contributed by atoms with van der Waals surface area (Å²) in [6, 6.07) is 0. The van der Waals surface area contributed by atoms with Crippen molar-refractivity contribution in [1.82, 2.24) is 9.55 Å². The number of nitrogens with zero attached hydrogens (tertiary/aromatic N) is 1. The highest BCUT2D eigenvalue weighted by Crippen LogP contribution is 2.28. The van der Waals surface area contributed by atoms with Crippen molar-refractivity contribution in [2.24, 2.45) is 5.92 Å². The Morgan fingerprint density at radius 1 is 1.53 bits per heavy atom. The molecule has 0 spiro atoms. The third-order valence-corrected chi connectivity index (χ3v) is 3.55.